The van der Waals surface area contributed by atoms with Crippen molar-refractivity contribution in [1.82, 2.24) is 10.3 Å². The Bertz CT molecular complexity index is 758. The molecule has 0 bridgehead atoms. The molecule has 0 aliphatic carbocycles. The third-order valence-corrected chi connectivity index (χ3v) is 4.28. The number of carbonyl (C=O) groups is 1. The molecular weight excluding hydrogens is 355 g/mol. The minimum atomic E-state index is -4.50. The van der Waals surface area contributed by atoms with Crippen molar-refractivity contribution in [2.24, 2.45) is 0 Å². The maximum absolute atomic E-state index is 13.0. The lowest BCUT2D eigenvalue weighted by Crippen LogP contribution is -2.31. The van der Waals surface area contributed by atoms with Gasteiger partial charge < -0.3 is 0 Å². The molecule has 0 aromatic heterocycles. The Morgan fingerprint density at radius 2 is 1.70 bits per heavy atom. The van der Waals surface area contributed by atoms with E-state index in [1.165, 1.54) is 18.2 Å². The van der Waals surface area contributed by atoms with Gasteiger partial charge in [-0.3, -0.25) is 20.5 Å². The molecule has 7 heteroatoms. The van der Waals surface area contributed by atoms with Gasteiger partial charge in [-0.2, -0.15) is 13.2 Å². The van der Waals surface area contributed by atoms with Gasteiger partial charge in [0.2, 0.25) is 0 Å². The molecule has 2 N–H and O–H groups in total. The van der Waals surface area contributed by atoms with Gasteiger partial charge in [0, 0.05) is 18.2 Å². The molecule has 0 aliphatic rings. The second-order valence-electron chi connectivity index (χ2n) is 6.48. The number of nitrogens with zero attached hydrogens (tertiary/aromatic N) is 1. The molecule has 0 saturated heterocycles. The predicted octanol–water partition coefficient (Wildman–Crippen LogP) is 4.69. The number of nitrogens with one attached hydrogen (secondary N) is 2. The van der Waals surface area contributed by atoms with Gasteiger partial charge in [-0.1, -0.05) is 31.2 Å². The van der Waals surface area contributed by atoms with Gasteiger partial charge >= 0.3 is 6.18 Å². The summed E-state index contributed by atoms with van der Waals surface area (Å²) in [6.07, 6.45) is -4.50. The fourth-order valence-corrected chi connectivity index (χ4v) is 2.69. The van der Waals surface area contributed by atoms with Crippen LogP contribution < -0.4 is 10.9 Å². The Balaban J connectivity index is 2.01. The van der Waals surface area contributed by atoms with E-state index in [1.807, 2.05) is 12.1 Å². The molecule has 1 amide bonds. The average molecular weight is 379 g/mol. The molecule has 2 aromatic carbocycles. The minimum absolute atomic E-state index is 0.203. The second-order valence-corrected chi connectivity index (χ2v) is 6.48. The lowest BCUT2D eigenvalue weighted by molar-refractivity contribution is -0.137. The molecule has 0 fully saturated rings. The molecule has 0 spiro atoms. The molecule has 0 atom stereocenters. The van der Waals surface area contributed by atoms with E-state index in [0.29, 0.717) is 11.6 Å². The second kappa shape index (κ2) is 8.90. The number of amides is 1. The van der Waals surface area contributed by atoms with E-state index in [1.54, 1.807) is 12.1 Å². The number of carbonyl (C=O) groups excluding carboxylic acids is 1. The summed E-state index contributed by atoms with van der Waals surface area (Å²) >= 11 is 0. The van der Waals surface area contributed by atoms with Gasteiger partial charge in [0.1, 0.15) is 0 Å². The van der Waals surface area contributed by atoms with Gasteiger partial charge in [0.25, 0.3) is 5.91 Å². The standard InChI is InChI=1S/C20H24F3N3O/c1-4-26(14(2)3)13-15-9-11-16(12-10-15)19(27)25-24-18-8-6-5-7-17(18)20(21,22)23/h5-12,14,24H,4,13H2,1-3H3,(H,25,27). The van der Waals surface area contributed by atoms with Crippen molar-refractivity contribution in [3.05, 3.63) is 65.2 Å². The molecule has 146 valence electrons. The summed E-state index contributed by atoms with van der Waals surface area (Å²) in [6.45, 7) is 8.02. The summed E-state index contributed by atoms with van der Waals surface area (Å²) < 4.78 is 38.9. The van der Waals surface area contributed by atoms with Crippen LogP contribution in [0.3, 0.4) is 0 Å². The fraction of sp³-hybridized carbons (Fsp3) is 0.350. The topological polar surface area (TPSA) is 44.4 Å². The summed E-state index contributed by atoms with van der Waals surface area (Å²) in [6, 6.07) is 12.4. The first-order chi connectivity index (χ1) is 12.7. The van der Waals surface area contributed by atoms with Crippen LogP contribution in [-0.2, 0) is 12.7 Å². The highest BCUT2D eigenvalue weighted by atomic mass is 19.4. The number of hydrogen-bond donors (Lipinski definition) is 2. The SMILES string of the molecule is CCN(Cc1ccc(C(=O)NNc2ccccc2C(F)(F)F)cc1)C(C)C. The number of para-hydroxylation sites is 1. The van der Waals surface area contributed by atoms with E-state index in [0.717, 1.165) is 24.7 Å². The quantitative estimate of drug-likeness (QED) is 0.686. The number of hydrogen-bond acceptors (Lipinski definition) is 3. The molecular formula is C20H24F3N3O. The van der Waals surface area contributed by atoms with Crippen molar-refractivity contribution in [3.63, 3.8) is 0 Å². The van der Waals surface area contributed by atoms with Gasteiger partial charge in [0.05, 0.1) is 11.3 Å². The fourth-order valence-electron chi connectivity index (χ4n) is 2.69. The Labute approximate surface area is 157 Å². The number of hydrazine groups is 1. The average Bonchev–Trinajstić information content (AvgIpc) is 2.64. The maximum atomic E-state index is 13.0. The third-order valence-electron chi connectivity index (χ3n) is 4.28. The lowest BCUT2D eigenvalue weighted by Gasteiger charge is -2.24. The van der Waals surface area contributed by atoms with E-state index >= 15 is 0 Å². The van der Waals surface area contributed by atoms with Gasteiger partial charge in [-0.15, -0.1) is 0 Å². The summed E-state index contributed by atoms with van der Waals surface area (Å²) in [5.41, 5.74) is 5.07. The number of rotatable bonds is 7. The first kappa shape index (κ1) is 20.8. The Hall–Kier alpha value is -2.54. The van der Waals surface area contributed by atoms with Gasteiger partial charge in [-0.05, 0) is 50.2 Å². The highest BCUT2D eigenvalue weighted by Gasteiger charge is 2.33. The molecule has 0 saturated carbocycles. The van der Waals surface area contributed by atoms with E-state index in [9.17, 15) is 18.0 Å². The molecule has 2 rings (SSSR count). The Kier molecular flexibility index (Phi) is 6.85. The number of halogens is 3. The van der Waals surface area contributed by atoms with Crippen LogP contribution in [0.15, 0.2) is 48.5 Å². The van der Waals surface area contributed by atoms with Gasteiger partial charge in [-0.25, -0.2) is 0 Å². The van der Waals surface area contributed by atoms with Crippen LogP contribution in [0.2, 0.25) is 0 Å². The molecule has 0 aliphatic heterocycles. The smallest absolute Gasteiger partial charge is 0.298 e. The van der Waals surface area contributed by atoms with Crippen molar-refractivity contribution < 1.29 is 18.0 Å². The van der Waals surface area contributed by atoms with Crippen LogP contribution >= 0.6 is 0 Å². The first-order valence-electron chi connectivity index (χ1n) is 8.78. The highest BCUT2D eigenvalue weighted by Crippen LogP contribution is 2.34. The van der Waals surface area contributed by atoms with Crippen LogP contribution in [0.4, 0.5) is 18.9 Å². The normalized spacial score (nSPS) is 11.7. The summed E-state index contributed by atoms with van der Waals surface area (Å²) in [4.78, 5) is 14.5. The Morgan fingerprint density at radius 3 is 2.26 bits per heavy atom. The highest BCUT2D eigenvalue weighted by molar-refractivity contribution is 5.94. The van der Waals surface area contributed by atoms with Crippen LogP contribution in [0.5, 0.6) is 0 Å². The van der Waals surface area contributed by atoms with Crippen LogP contribution in [0.25, 0.3) is 0 Å². The largest absolute Gasteiger partial charge is 0.418 e. The maximum Gasteiger partial charge on any atom is 0.418 e. The zero-order valence-corrected chi connectivity index (χ0v) is 15.6. The van der Waals surface area contributed by atoms with E-state index in [4.69, 9.17) is 0 Å². The zero-order chi connectivity index (χ0) is 20.0. The summed E-state index contributed by atoms with van der Waals surface area (Å²) in [5, 5.41) is 0. The Morgan fingerprint density at radius 1 is 1.07 bits per heavy atom. The lowest BCUT2D eigenvalue weighted by atomic mass is 10.1. The third kappa shape index (κ3) is 5.72. The predicted molar refractivity (Wildman–Crippen MR) is 100 cm³/mol. The molecule has 0 unspecified atom stereocenters. The molecule has 27 heavy (non-hydrogen) atoms. The number of alkyl halides is 3. The first-order valence-corrected chi connectivity index (χ1v) is 8.78. The van der Waals surface area contributed by atoms with E-state index in [2.05, 4.69) is 36.5 Å². The van der Waals surface area contributed by atoms with Crippen LogP contribution in [0, 0.1) is 0 Å². The van der Waals surface area contributed by atoms with Crippen molar-refractivity contribution in [3.8, 4) is 0 Å². The van der Waals surface area contributed by atoms with E-state index < -0.39 is 17.6 Å². The van der Waals surface area contributed by atoms with Gasteiger partial charge in [0.15, 0.2) is 0 Å². The van der Waals surface area contributed by atoms with Crippen LogP contribution in [-0.4, -0.2) is 23.4 Å². The van der Waals surface area contributed by atoms with Crippen molar-refractivity contribution in [2.75, 3.05) is 12.0 Å². The summed E-state index contributed by atoms with van der Waals surface area (Å²) in [5.74, 6) is -0.505. The molecule has 4 nitrogen and oxygen atoms in total. The monoisotopic (exact) mass is 379 g/mol. The summed E-state index contributed by atoms with van der Waals surface area (Å²) in [7, 11) is 0. The number of anilines is 1. The molecule has 0 heterocycles. The minimum Gasteiger partial charge on any atom is -0.298 e. The number of benzene rings is 2. The molecule has 0 radical (unpaired) electrons. The zero-order valence-electron chi connectivity index (χ0n) is 15.6. The molecule has 2 aromatic rings. The van der Waals surface area contributed by atoms with Crippen LogP contribution in [0.1, 0.15) is 42.3 Å². The van der Waals surface area contributed by atoms with Crippen molar-refractivity contribution >= 4 is 11.6 Å². The van der Waals surface area contributed by atoms with E-state index in [-0.39, 0.29) is 5.69 Å². The van der Waals surface area contributed by atoms with Crippen molar-refractivity contribution in [2.45, 2.75) is 39.5 Å². The van der Waals surface area contributed by atoms with Crippen molar-refractivity contribution in [1.29, 1.82) is 0 Å².